The first-order valence-corrected chi connectivity index (χ1v) is 12.9. The van der Waals surface area contributed by atoms with Crippen molar-refractivity contribution in [3.63, 3.8) is 0 Å². The topological polar surface area (TPSA) is 199 Å². The Hall–Kier alpha value is -3.93. The highest BCUT2D eigenvalue weighted by molar-refractivity contribution is 6.25. The molecule has 0 bridgehead atoms. The molecule has 1 saturated heterocycles. The first kappa shape index (κ1) is 25.4. The van der Waals surface area contributed by atoms with Crippen LogP contribution in [0.2, 0.25) is 0 Å². The van der Waals surface area contributed by atoms with Crippen LogP contribution >= 0.6 is 0 Å². The van der Waals surface area contributed by atoms with Crippen molar-refractivity contribution in [2.24, 2.45) is 23.3 Å². The number of fused-ring (bicyclic) bond motifs is 4. The number of nitrogens with one attached hydrogen (secondary N) is 1. The SMILES string of the molecule is CNc1c2c(c(O)c3cc(CN4CCC4)ccc13)C(=O)C1=C(O)[C@]3(O)C(=O)C(C(N)=O)=C(O)[C@@H](N)[C@@H]3C[C@@H]1C2. The number of nitrogens with zero attached hydrogens (tertiary/aromatic N) is 1. The first-order chi connectivity index (χ1) is 18.5. The first-order valence-electron chi connectivity index (χ1n) is 12.9. The maximum atomic E-state index is 14.0. The second-order valence-corrected chi connectivity index (χ2v) is 10.9. The number of phenolic OH excluding ortho intramolecular Hbond substituents is 1. The molecule has 3 aliphatic carbocycles. The molecule has 0 aromatic heterocycles. The Morgan fingerprint density at radius 1 is 1.18 bits per heavy atom. The number of amides is 1. The second-order valence-electron chi connectivity index (χ2n) is 10.9. The largest absolute Gasteiger partial charge is 0.510 e. The third-order valence-electron chi connectivity index (χ3n) is 8.90. The number of allylic oxidation sites excluding steroid dienone is 1. The third-order valence-corrected chi connectivity index (χ3v) is 8.90. The molecule has 0 unspecified atom stereocenters. The molecule has 204 valence electrons. The molecule has 2 aromatic carbocycles. The lowest BCUT2D eigenvalue weighted by atomic mass is 9.59. The predicted molar refractivity (Wildman–Crippen MR) is 141 cm³/mol. The molecule has 39 heavy (non-hydrogen) atoms. The molecule has 1 aliphatic heterocycles. The molecule has 0 spiro atoms. The van der Waals surface area contributed by atoms with Gasteiger partial charge in [-0.25, -0.2) is 0 Å². The van der Waals surface area contributed by atoms with Crippen LogP contribution in [0.1, 0.15) is 34.3 Å². The molecule has 0 saturated carbocycles. The van der Waals surface area contributed by atoms with Gasteiger partial charge in [0.1, 0.15) is 22.8 Å². The number of benzene rings is 2. The van der Waals surface area contributed by atoms with Gasteiger partial charge >= 0.3 is 0 Å². The monoisotopic (exact) mass is 534 g/mol. The number of primary amides is 1. The van der Waals surface area contributed by atoms with Crippen LogP contribution in [0.25, 0.3) is 10.8 Å². The summed E-state index contributed by atoms with van der Waals surface area (Å²) in [6.07, 6.45) is 1.29. The van der Waals surface area contributed by atoms with Crippen molar-refractivity contribution in [2.75, 3.05) is 25.5 Å². The van der Waals surface area contributed by atoms with E-state index in [1.165, 1.54) is 0 Å². The van der Waals surface area contributed by atoms with E-state index in [4.69, 9.17) is 11.5 Å². The van der Waals surface area contributed by atoms with E-state index in [-0.39, 0.29) is 29.7 Å². The summed E-state index contributed by atoms with van der Waals surface area (Å²) in [5, 5.41) is 49.1. The van der Waals surface area contributed by atoms with Gasteiger partial charge in [0, 0.05) is 41.5 Å². The average molecular weight is 535 g/mol. The van der Waals surface area contributed by atoms with E-state index in [1.54, 1.807) is 7.05 Å². The Bertz CT molecular complexity index is 1560. The van der Waals surface area contributed by atoms with E-state index in [0.717, 1.165) is 30.5 Å². The maximum Gasteiger partial charge on any atom is 0.255 e. The summed E-state index contributed by atoms with van der Waals surface area (Å²) in [5.74, 6) is -7.16. The van der Waals surface area contributed by atoms with Crippen molar-refractivity contribution in [1.82, 2.24) is 4.90 Å². The fourth-order valence-corrected chi connectivity index (χ4v) is 6.81. The number of Topliss-reactive ketones (excluding diaryl/α,β-unsaturated/α-hetero) is 2. The van der Waals surface area contributed by atoms with Crippen molar-refractivity contribution in [2.45, 2.75) is 37.5 Å². The number of aliphatic hydroxyl groups is 3. The van der Waals surface area contributed by atoms with E-state index >= 15 is 0 Å². The fourth-order valence-electron chi connectivity index (χ4n) is 6.81. The molecular formula is C28H30N4O7. The summed E-state index contributed by atoms with van der Waals surface area (Å²) in [6, 6.07) is 4.37. The minimum atomic E-state index is -2.72. The van der Waals surface area contributed by atoms with Gasteiger partial charge in [0.25, 0.3) is 5.91 Å². The van der Waals surface area contributed by atoms with Crippen molar-refractivity contribution in [3.8, 4) is 5.75 Å². The molecule has 11 heteroatoms. The second kappa shape index (κ2) is 8.54. The van der Waals surface area contributed by atoms with Crippen LogP contribution in [0.3, 0.4) is 0 Å². The van der Waals surface area contributed by atoms with E-state index in [9.17, 15) is 34.8 Å². The van der Waals surface area contributed by atoms with Crippen molar-refractivity contribution < 1.29 is 34.8 Å². The van der Waals surface area contributed by atoms with Crippen LogP contribution in [0.15, 0.2) is 40.9 Å². The van der Waals surface area contributed by atoms with Gasteiger partial charge in [-0.05, 0) is 55.5 Å². The van der Waals surface area contributed by atoms with Crippen LogP contribution in [0.5, 0.6) is 5.75 Å². The summed E-state index contributed by atoms with van der Waals surface area (Å²) in [7, 11) is 1.72. The molecule has 9 N–H and O–H groups in total. The van der Waals surface area contributed by atoms with Gasteiger partial charge in [-0.3, -0.25) is 19.3 Å². The zero-order valence-corrected chi connectivity index (χ0v) is 21.3. The number of carbonyl (C=O) groups is 3. The number of aromatic hydroxyl groups is 1. The molecule has 1 fully saturated rings. The highest BCUT2D eigenvalue weighted by Crippen LogP contribution is 2.53. The summed E-state index contributed by atoms with van der Waals surface area (Å²) >= 11 is 0. The Balaban J connectivity index is 1.53. The number of phenols is 1. The zero-order chi connectivity index (χ0) is 28.0. The minimum absolute atomic E-state index is 0.0196. The average Bonchev–Trinajstić information content (AvgIpc) is 2.87. The molecule has 11 nitrogen and oxygen atoms in total. The summed E-state index contributed by atoms with van der Waals surface area (Å²) in [4.78, 5) is 41.4. The molecule has 4 aliphatic rings. The summed E-state index contributed by atoms with van der Waals surface area (Å²) in [5.41, 5.74) is 9.71. The van der Waals surface area contributed by atoms with E-state index in [0.29, 0.717) is 23.2 Å². The number of hydrogen-bond donors (Lipinski definition) is 7. The van der Waals surface area contributed by atoms with Crippen LogP contribution < -0.4 is 16.8 Å². The van der Waals surface area contributed by atoms with Gasteiger partial charge in [-0.1, -0.05) is 12.1 Å². The number of anilines is 1. The van der Waals surface area contributed by atoms with Crippen molar-refractivity contribution in [1.29, 1.82) is 0 Å². The third kappa shape index (κ3) is 3.30. The van der Waals surface area contributed by atoms with Gasteiger partial charge in [-0.15, -0.1) is 0 Å². The molecule has 1 amide bonds. The number of ketones is 2. The Morgan fingerprint density at radius 3 is 2.51 bits per heavy atom. The number of rotatable bonds is 4. The summed E-state index contributed by atoms with van der Waals surface area (Å²) < 4.78 is 0. The van der Waals surface area contributed by atoms with Gasteiger partial charge in [-0.2, -0.15) is 0 Å². The van der Waals surface area contributed by atoms with E-state index in [1.807, 2.05) is 18.2 Å². The fraction of sp³-hybridized carbons (Fsp3) is 0.393. The Morgan fingerprint density at radius 2 is 1.90 bits per heavy atom. The van der Waals surface area contributed by atoms with Gasteiger partial charge in [0.15, 0.2) is 11.4 Å². The van der Waals surface area contributed by atoms with E-state index < -0.39 is 58.0 Å². The maximum absolute atomic E-state index is 14.0. The van der Waals surface area contributed by atoms with E-state index in [2.05, 4.69) is 10.2 Å². The van der Waals surface area contributed by atoms with Crippen molar-refractivity contribution in [3.05, 3.63) is 57.6 Å². The lowest BCUT2D eigenvalue weighted by Crippen LogP contribution is -2.63. The van der Waals surface area contributed by atoms with Gasteiger partial charge in [0.05, 0.1) is 11.6 Å². The molecule has 2 aromatic rings. The minimum Gasteiger partial charge on any atom is -0.510 e. The van der Waals surface area contributed by atoms with Crippen LogP contribution in [-0.2, 0) is 22.6 Å². The summed E-state index contributed by atoms with van der Waals surface area (Å²) in [6.45, 7) is 2.71. The normalized spacial score (nSPS) is 28.6. The van der Waals surface area contributed by atoms with Crippen LogP contribution in [0.4, 0.5) is 5.69 Å². The Kier molecular flexibility index (Phi) is 5.55. The molecular weight excluding hydrogens is 504 g/mol. The lowest BCUT2D eigenvalue weighted by Gasteiger charge is -2.47. The van der Waals surface area contributed by atoms with Crippen LogP contribution in [0, 0.1) is 11.8 Å². The number of nitrogens with two attached hydrogens (primary N) is 2. The van der Waals surface area contributed by atoms with Crippen molar-refractivity contribution >= 4 is 33.9 Å². The van der Waals surface area contributed by atoms with Gasteiger partial charge in [0.2, 0.25) is 5.78 Å². The quantitative estimate of drug-likeness (QED) is 0.218. The highest BCUT2D eigenvalue weighted by Gasteiger charge is 2.62. The van der Waals surface area contributed by atoms with Gasteiger partial charge < -0.3 is 37.2 Å². The zero-order valence-electron chi connectivity index (χ0n) is 21.3. The molecule has 6 rings (SSSR count). The number of aliphatic hydroxyl groups excluding tert-OH is 2. The lowest BCUT2D eigenvalue weighted by molar-refractivity contribution is -0.145. The predicted octanol–water partition coefficient (Wildman–Crippen LogP) is 0.918. The standard InChI is InChI=1S/C28H30N4O7/c1-31-21-13-4-3-11(10-32-5-2-6-32)7-14(13)22(33)18-15(21)8-12-9-16-20(29)24(35)19(27(30)38)26(37)28(16,39)25(36)17(12)23(18)34/h3-4,7,12,16,20,31,33,35-36,39H,2,5-6,8-10,29H2,1H3,(H2,30,38)/t12-,16-,20-,28-/m0/s1. The molecule has 4 atom stereocenters. The number of likely N-dealkylation sites (tertiary alicyclic amines) is 1. The number of carbonyl (C=O) groups excluding carboxylic acids is 3. The smallest absolute Gasteiger partial charge is 0.255 e. The Labute approximate surface area is 223 Å². The van der Waals surface area contributed by atoms with Crippen LogP contribution in [-0.4, -0.2) is 74.6 Å². The molecule has 1 heterocycles. The number of hydrogen-bond acceptors (Lipinski definition) is 10. The molecule has 0 radical (unpaired) electrons. The highest BCUT2D eigenvalue weighted by atomic mass is 16.3.